The molecule has 3 atom stereocenters. The molecule has 3 aromatic carbocycles. The van der Waals surface area contributed by atoms with Gasteiger partial charge in [0.1, 0.15) is 5.82 Å². The van der Waals surface area contributed by atoms with E-state index in [1.807, 2.05) is 70.1 Å². The molecule has 1 aromatic heterocycles. The molecule has 7 heteroatoms. The highest BCUT2D eigenvalue weighted by atomic mass is 19.1. The van der Waals surface area contributed by atoms with Gasteiger partial charge in [0.15, 0.2) is 5.69 Å². The number of aromatic nitrogens is 2. The Bertz CT molecular complexity index is 1520. The molecule has 1 saturated carbocycles. The summed E-state index contributed by atoms with van der Waals surface area (Å²) in [6.45, 7) is 2.63. The molecule has 2 aliphatic rings. The Balaban J connectivity index is 1.34. The Hall–Kier alpha value is -4.07. The lowest BCUT2D eigenvalue weighted by molar-refractivity contribution is 0.0520. The first-order chi connectivity index (χ1) is 20.6. The van der Waals surface area contributed by atoms with Crippen molar-refractivity contribution in [2.45, 2.75) is 50.4 Å². The van der Waals surface area contributed by atoms with Gasteiger partial charge in [-0.05, 0) is 24.5 Å². The summed E-state index contributed by atoms with van der Waals surface area (Å²) in [7, 11) is 0. The number of carbonyl (C=O) groups excluding carboxylic acids is 1. The number of piperazine rings is 1. The van der Waals surface area contributed by atoms with E-state index in [1.165, 1.54) is 11.6 Å². The summed E-state index contributed by atoms with van der Waals surface area (Å²) in [6.07, 6.45) is 8.59. The molecule has 1 aliphatic heterocycles. The van der Waals surface area contributed by atoms with E-state index in [2.05, 4.69) is 17.0 Å². The first-order valence-electron chi connectivity index (χ1n) is 14.9. The number of aliphatic hydroxyl groups is 1. The van der Waals surface area contributed by atoms with Crippen molar-refractivity contribution in [1.29, 1.82) is 0 Å². The molecule has 216 valence electrons. The number of imidazole rings is 1. The van der Waals surface area contributed by atoms with Crippen LogP contribution in [0.5, 0.6) is 0 Å². The maximum absolute atomic E-state index is 14.5. The van der Waals surface area contributed by atoms with Gasteiger partial charge in [0.25, 0.3) is 5.91 Å². The van der Waals surface area contributed by atoms with E-state index >= 15 is 0 Å². The number of benzene rings is 3. The predicted octanol–water partition coefficient (Wildman–Crippen LogP) is 6.21. The minimum absolute atomic E-state index is 0.123. The van der Waals surface area contributed by atoms with Gasteiger partial charge in [-0.2, -0.15) is 0 Å². The van der Waals surface area contributed by atoms with Crippen LogP contribution in [0, 0.1) is 5.82 Å². The van der Waals surface area contributed by atoms with Crippen molar-refractivity contribution < 1.29 is 14.3 Å². The molecule has 6 nitrogen and oxygen atoms in total. The molecule has 1 aliphatic carbocycles. The monoisotopic (exact) mass is 564 g/mol. The second kappa shape index (κ2) is 12.8. The van der Waals surface area contributed by atoms with E-state index < -0.39 is 6.10 Å². The largest absolute Gasteiger partial charge is 0.391 e. The van der Waals surface area contributed by atoms with E-state index in [1.54, 1.807) is 24.5 Å². The lowest BCUT2D eigenvalue weighted by Crippen LogP contribution is -2.54. The maximum atomic E-state index is 14.5. The van der Waals surface area contributed by atoms with E-state index in [0.29, 0.717) is 30.9 Å². The van der Waals surface area contributed by atoms with Gasteiger partial charge in [-0.25, -0.2) is 9.37 Å². The van der Waals surface area contributed by atoms with Crippen molar-refractivity contribution >= 4 is 12.0 Å². The van der Waals surface area contributed by atoms with Gasteiger partial charge in [-0.15, -0.1) is 0 Å². The van der Waals surface area contributed by atoms with Gasteiger partial charge in [0.2, 0.25) is 0 Å². The predicted molar refractivity (Wildman–Crippen MR) is 163 cm³/mol. The summed E-state index contributed by atoms with van der Waals surface area (Å²) in [5.74, 6) is -0.444. The second-order valence-corrected chi connectivity index (χ2v) is 11.3. The lowest BCUT2D eigenvalue weighted by Gasteiger charge is -2.40. The van der Waals surface area contributed by atoms with Crippen LogP contribution in [0.1, 0.15) is 53.3 Å². The van der Waals surface area contributed by atoms with E-state index in [4.69, 9.17) is 4.98 Å². The molecule has 1 saturated heterocycles. The van der Waals surface area contributed by atoms with Crippen LogP contribution in [0.3, 0.4) is 0 Å². The van der Waals surface area contributed by atoms with Crippen molar-refractivity contribution in [1.82, 2.24) is 19.4 Å². The molecule has 6 rings (SSSR count). The summed E-state index contributed by atoms with van der Waals surface area (Å²) < 4.78 is 16.5. The maximum Gasteiger partial charge on any atom is 0.275 e. The van der Waals surface area contributed by atoms with E-state index in [-0.39, 0.29) is 23.8 Å². The molecule has 4 aromatic rings. The summed E-state index contributed by atoms with van der Waals surface area (Å²) in [5, 5.41) is 10.9. The highest BCUT2D eigenvalue weighted by Crippen LogP contribution is 2.35. The van der Waals surface area contributed by atoms with Crippen LogP contribution in [-0.2, 0) is 6.54 Å². The molecule has 1 N–H and O–H groups in total. The minimum atomic E-state index is -0.476. The fourth-order valence-corrected chi connectivity index (χ4v) is 6.30. The van der Waals surface area contributed by atoms with Crippen molar-refractivity contribution in [3.05, 3.63) is 120 Å². The average Bonchev–Trinajstić information content (AvgIpc) is 3.47. The second-order valence-electron chi connectivity index (χ2n) is 11.3. The minimum Gasteiger partial charge on any atom is -0.391 e. The van der Waals surface area contributed by atoms with Crippen LogP contribution < -0.4 is 0 Å². The Morgan fingerprint density at radius 2 is 1.64 bits per heavy atom. The molecule has 0 radical (unpaired) electrons. The summed E-state index contributed by atoms with van der Waals surface area (Å²) in [6, 6.07) is 26.4. The number of nitrogens with zero attached hydrogens (tertiary/aromatic N) is 4. The van der Waals surface area contributed by atoms with Crippen LogP contribution in [0.4, 0.5) is 4.39 Å². The summed E-state index contributed by atoms with van der Waals surface area (Å²) in [4.78, 5) is 23.3. The highest BCUT2D eigenvalue weighted by molar-refractivity contribution is 5.98. The normalized spacial score (nSPS) is 21.6. The number of carbonyl (C=O) groups is 1. The van der Waals surface area contributed by atoms with Crippen LogP contribution in [0.25, 0.3) is 17.3 Å². The van der Waals surface area contributed by atoms with Crippen LogP contribution in [-0.4, -0.2) is 62.1 Å². The Labute approximate surface area is 246 Å². The highest BCUT2D eigenvalue weighted by Gasteiger charge is 2.35. The smallest absolute Gasteiger partial charge is 0.275 e. The fourth-order valence-electron chi connectivity index (χ4n) is 6.30. The number of aliphatic hydroxyl groups excluding tert-OH is 1. The van der Waals surface area contributed by atoms with Crippen molar-refractivity contribution in [2.24, 2.45) is 0 Å². The van der Waals surface area contributed by atoms with E-state index in [9.17, 15) is 14.3 Å². The molecule has 1 amide bonds. The topological polar surface area (TPSA) is 61.6 Å². The first-order valence-corrected chi connectivity index (χ1v) is 14.9. The molecule has 0 spiro atoms. The standard InChI is InChI=1S/C35H37FN4O2/c36-30-16-8-7-13-27(30)19-20-29-24-38(23-26-11-3-1-4-12-26)21-22-39(29)35(42)33-34(28-14-5-2-6-15-28)40(25-37-33)31-17-9-10-18-32(31)41/h1-8,11-16,19-20,25,29,31-32,41H,9-10,17-18,21-24H2/t29-,31+,32-/m1/s1. The van der Waals surface area contributed by atoms with E-state index in [0.717, 1.165) is 43.5 Å². The van der Waals surface area contributed by atoms with Crippen LogP contribution in [0.15, 0.2) is 97.3 Å². The zero-order valence-electron chi connectivity index (χ0n) is 23.7. The van der Waals surface area contributed by atoms with Gasteiger partial charge >= 0.3 is 0 Å². The first kappa shape index (κ1) is 28.1. The molecule has 2 heterocycles. The quantitative estimate of drug-likeness (QED) is 0.290. The molecule has 2 fully saturated rings. The Morgan fingerprint density at radius 1 is 0.929 bits per heavy atom. The zero-order valence-corrected chi connectivity index (χ0v) is 23.7. The Kier molecular flexibility index (Phi) is 8.58. The average molecular weight is 565 g/mol. The third-order valence-corrected chi connectivity index (χ3v) is 8.51. The number of rotatable bonds is 7. The number of halogens is 1. The molecule has 0 unspecified atom stereocenters. The van der Waals surface area contributed by atoms with Gasteiger partial charge in [0, 0.05) is 37.3 Å². The molecular weight excluding hydrogens is 527 g/mol. The molecular formula is C35H37FN4O2. The number of hydrogen-bond acceptors (Lipinski definition) is 4. The number of amides is 1. The van der Waals surface area contributed by atoms with Gasteiger partial charge in [0.05, 0.1) is 30.2 Å². The third kappa shape index (κ3) is 6.08. The van der Waals surface area contributed by atoms with Crippen molar-refractivity contribution in [3.63, 3.8) is 0 Å². The third-order valence-electron chi connectivity index (χ3n) is 8.51. The van der Waals surface area contributed by atoms with Crippen molar-refractivity contribution in [3.8, 4) is 11.3 Å². The Morgan fingerprint density at radius 3 is 2.40 bits per heavy atom. The summed E-state index contributed by atoms with van der Waals surface area (Å²) in [5.41, 5.74) is 3.74. The van der Waals surface area contributed by atoms with Crippen LogP contribution in [0.2, 0.25) is 0 Å². The number of hydrogen-bond donors (Lipinski definition) is 1. The van der Waals surface area contributed by atoms with Crippen LogP contribution >= 0.6 is 0 Å². The van der Waals surface area contributed by atoms with Gasteiger partial charge in [-0.3, -0.25) is 9.69 Å². The zero-order chi connectivity index (χ0) is 28.9. The lowest BCUT2D eigenvalue weighted by atomic mass is 9.92. The molecule has 42 heavy (non-hydrogen) atoms. The SMILES string of the molecule is O=C(c1ncn([C@H]2CCCC[C@H]2O)c1-c1ccccc1)N1CCN(Cc2ccccc2)C[C@H]1C=Cc1ccccc1F. The van der Waals surface area contributed by atoms with Crippen molar-refractivity contribution in [2.75, 3.05) is 19.6 Å². The summed E-state index contributed by atoms with van der Waals surface area (Å²) >= 11 is 0. The van der Waals surface area contributed by atoms with Gasteiger partial charge < -0.3 is 14.6 Å². The van der Waals surface area contributed by atoms with Gasteiger partial charge in [-0.1, -0.05) is 104 Å². The fraction of sp³-hybridized carbons (Fsp3) is 0.314. The molecule has 0 bridgehead atoms.